The lowest BCUT2D eigenvalue weighted by Gasteiger charge is -2.27. The predicted octanol–water partition coefficient (Wildman–Crippen LogP) is 2.14. The van der Waals surface area contributed by atoms with Gasteiger partial charge in [0.15, 0.2) is 5.82 Å². The van der Waals surface area contributed by atoms with Gasteiger partial charge in [-0.05, 0) is 53.0 Å². The van der Waals surface area contributed by atoms with Crippen LogP contribution in [-0.2, 0) is 17.6 Å². The zero-order valence-electron chi connectivity index (χ0n) is 18.2. The van der Waals surface area contributed by atoms with E-state index in [9.17, 15) is 4.79 Å². The zero-order valence-corrected chi connectivity index (χ0v) is 18.2. The van der Waals surface area contributed by atoms with Gasteiger partial charge in [-0.1, -0.05) is 0 Å². The average molecular weight is 414 g/mol. The van der Waals surface area contributed by atoms with Crippen molar-refractivity contribution in [3.8, 4) is 17.3 Å². The highest BCUT2D eigenvalue weighted by Gasteiger charge is 2.25. The molecule has 2 heterocycles. The van der Waals surface area contributed by atoms with Crippen molar-refractivity contribution < 1.29 is 14.6 Å². The molecule has 0 aliphatic heterocycles. The van der Waals surface area contributed by atoms with Gasteiger partial charge >= 0.3 is 0 Å². The van der Waals surface area contributed by atoms with Gasteiger partial charge in [0.05, 0.1) is 13.2 Å². The summed E-state index contributed by atoms with van der Waals surface area (Å²) in [6.45, 7) is 9.00. The van der Waals surface area contributed by atoms with Gasteiger partial charge in [0.1, 0.15) is 23.9 Å². The fourth-order valence-corrected chi connectivity index (χ4v) is 3.54. The summed E-state index contributed by atoms with van der Waals surface area (Å²) in [5.41, 5.74) is 2.47. The molecule has 1 amide bonds. The van der Waals surface area contributed by atoms with Crippen LogP contribution in [0.3, 0.4) is 0 Å². The van der Waals surface area contributed by atoms with E-state index in [1.54, 1.807) is 18.3 Å². The van der Waals surface area contributed by atoms with Gasteiger partial charge in [0, 0.05) is 35.6 Å². The van der Waals surface area contributed by atoms with Crippen molar-refractivity contribution in [2.24, 2.45) is 0 Å². The van der Waals surface area contributed by atoms with Gasteiger partial charge in [0.2, 0.25) is 5.91 Å². The van der Waals surface area contributed by atoms with Gasteiger partial charge in [-0.3, -0.25) is 9.78 Å². The molecule has 1 aliphatic rings. The number of rotatable bonds is 8. The molecule has 2 aromatic heterocycles. The van der Waals surface area contributed by atoms with E-state index < -0.39 is 0 Å². The summed E-state index contributed by atoms with van der Waals surface area (Å²) in [5.74, 6) is 1.91. The van der Waals surface area contributed by atoms with Crippen LogP contribution in [-0.4, -0.2) is 57.8 Å². The molecule has 30 heavy (non-hydrogen) atoms. The van der Waals surface area contributed by atoms with Gasteiger partial charge in [-0.25, -0.2) is 9.97 Å². The monoisotopic (exact) mass is 413 g/mol. The lowest BCUT2D eigenvalue weighted by molar-refractivity contribution is -0.121. The molecule has 162 valence electrons. The maximum atomic E-state index is 12.6. The van der Waals surface area contributed by atoms with Crippen LogP contribution >= 0.6 is 0 Å². The number of aliphatic hydroxyl groups excluding tert-OH is 1. The summed E-state index contributed by atoms with van der Waals surface area (Å²) in [6, 6.07) is 3.52. The van der Waals surface area contributed by atoms with Crippen LogP contribution in [0.25, 0.3) is 11.5 Å². The van der Waals surface area contributed by atoms with E-state index in [0.717, 1.165) is 36.3 Å². The Balaban J connectivity index is 1.93. The van der Waals surface area contributed by atoms with E-state index in [4.69, 9.17) is 19.8 Å². The third kappa shape index (κ3) is 5.44. The Morgan fingerprint density at radius 1 is 1.30 bits per heavy atom. The lowest BCUT2D eigenvalue weighted by atomic mass is 10.1. The van der Waals surface area contributed by atoms with Crippen LogP contribution in [0.1, 0.15) is 45.4 Å². The highest BCUT2D eigenvalue weighted by Crippen LogP contribution is 2.31. The summed E-state index contributed by atoms with van der Waals surface area (Å²) in [5, 5.41) is 12.0. The predicted molar refractivity (Wildman–Crippen MR) is 116 cm³/mol. The summed E-state index contributed by atoms with van der Waals surface area (Å²) >= 11 is 0. The number of aromatic nitrogens is 3. The number of fused-ring (bicyclic) bond motifs is 1. The zero-order chi connectivity index (χ0) is 21.7. The molecule has 0 radical (unpaired) electrons. The Bertz CT molecular complexity index is 895. The first-order chi connectivity index (χ1) is 14.3. The number of likely N-dealkylation sites (N-methyl/N-ethyl adjacent to an activating group) is 1. The summed E-state index contributed by atoms with van der Waals surface area (Å²) in [4.78, 5) is 28.6. The van der Waals surface area contributed by atoms with Crippen molar-refractivity contribution in [1.29, 1.82) is 0 Å². The van der Waals surface area contributed by atoms with Crippen molar-refractivity contribution in [3.05, 3.63) is 29.6 Å². The van der Waals surface area contributed by atoms with E-state index in [0.29, 0.717) is 23.8 Å². The molecule has 0 spiro atoms. The number of nitrogens with zero attached hydrogens (tertiary/aromatic N) is 4. The molecule has 0 atom stereocenters. The maximum Gasteiger partial charge on any atom is 0.239 e. The molecule has 0 unspecified atom stereocenters. The largest absolute Gasteiger partial charge is 0.491 e. The minimum Gasteiger partial charge on any atom is -0.491 e. The SMILES string of the molecule is CCN(CC(=O)NC(C)(C)C)c1nc(-c2cc(OCCO)ccn2)nc2c1CCC2. The van der Waals surface area contributed by atoms with E-state index in [-0.39, 0.29) is 31.2 Å². The molecule has 0 bridgehead atoms. The van der Waals surface area contributed by atoms with Crippen molar-refractivity contribution in [1.82, 2.24) is 20.3 Å². The van der Waals surface area contributed by atoms with E-state index in [1.165, 1.54) is 0 Å². The number of pyridine rings is 1. The van der Waals surface area contributed by atoms with Crippen molar-refractivity contribution in [2.45, 2.75) is 52.5 Å². The van der Waals surface area contributed by atoms with E-state index in [1.807, 2.05) is 32.6 Å². The molecule has 3 rings (SSSR count). The molecule has 2 N–H and O–H groups in total. The van der Waals surface area contributed by atoms with Crippen LogP contribution < -0.4 is 15.0 Å². The minimum absolute atomic E-state index is 0.0335. The third-order valence-electron chi connectivity index (χ3n) is 4.76. The second kappa shape index (κ2) is 9.38. The summed E-state index contributed by atoms with van der Waals surface area (Å²) in [7, 11) is 0. The normalized spacial score (nSPS) is 13.1. The van der Waals surface area contributed by atoms with Crippen LogP contribution in [0.4, 0.5) is 5.82 Å². The van der Waals surface area contributed by atoms with Crippen LogP contribution in [0.15, 0.2) is 18.3 Å². The fourth-order valence-electron chi connectivity index (χ4n) is 3.54. The molecule has 2 aromatic rings. The number of ether oxygens (including phenoxy) is 1. The topological polar surface area (TPSA) is 100 Å². The highest BCUT2D eigenvalue weighted by molar-refractivity contribution is 5.82. The van der Waals surface area contributed by atoms with Gasteiger partial charge in [0.25, 0.3) is 0 Å². The Labute approximate surface area is 177 Å². The first-order valence-electron chi connectivity index (χ1n) is 10.5. The van der Waals surface area contributed by atoms with Crippen LogP contribution in [0, 0.1) is 0 Å². The smallest absolute Gasteiger partial charge is 0.239 e. The quantitative estimate of drug-likeness (QED) is 0.684. The molecule has 0 aromatic carbocycles. The Hall–Kier alpha value is -2.74. The van der Waals surface area contributed by atoms with Crippen molar-refractivity contribution in [3.63, 3.8) is 0 Å². The van der Waals surface area contributed by atoms with E-state index in [2.05, 4.69) is 10.3 Å². The average Bonchev–Trinajstić information content (AvgIpc) is 3.17. The minimum atomic E-state index is -0.284. The molecule has 1 aliphatic carbocycles. The number of carbonyl (C=O) groups excluding carboxylic acids is 1. The standard InChI is InChI=1S/C22H31N5O3/c1-5-27(14-19(29)26-22(2,3)4)21-16-7-6-8-17(16)24-20(25-21)18-13-15(9-10-23-18)30-12-11-28/h9-10,13,28H,5-8,11-12,14H2,1-4H3,(H,26,29). The number of anilines is 1. The number of hydrogen-bond acceptors (Lipinski definition) is 7. The summed E-state index contributed by atoms with van der Waals surface area (Å²) < 4.78 is 5.50. The second-order valence-corrected chi connectivity index (χ2v) is 8.41. The maximum absolute atomic E-state index is 12.6. The molecule has 0 fully saturated rings. The molecule has 8 heteroatoms. The van der Waals surface area contributed by atoms with Gasteiger partial charge in [-0.15, -0.1) is 0 Å². The van der Waals surface area contributed by atoms with Crippen LogP contribution in [0.2, 0.25) is 0 Å². The molecular formula is C22H31N5O3. The summed E-state index contributed by atoms with van der Waals surface area (Å²) in [6.07, 6.45) is 4.48. The Kier molecular flexibility index (Phi) is 6.87. The highest BCUT2D eigenvalue weighted by atomic mass is 16.5. The van der Waals surface area contributed by atoms with Gasteiger partial charge < -0.3 is 20.1 Å². The number of amides is 1. The van der Waals surface area contributed by atoms with Gasteiger partial charge in [-0.2, -0.15) is 0 Å². The number of carbonyl (C=O) groups is 1. The number of hydrogen-bond donors (Lipinski definition) is 2. The number of aliphatic hydroxyl groups is 1. The molecule has 8 nitrogen and oxygen atoms in total. The van der Waals surface area contributed by atoms with Crippen LogP contribution in [0.5, 0.6) is 5.75 Å². The van der Waals surface area contributed by atoms with E-state index >= 15 is 0 Å². The lowest BCUT2D eigenvalue weighted by Crippen LogP contribution is -2.46. The molecule has 0 saturated carbocycles. The second-order valence-electron chi connectivity index (χ2n) is 8.41. The first-order valence-corrected chi connectivity index (χ1v) is 10.5. The molecular weight excluding hydrogens is 382 g/mol. The fraction of sp³-hybridized carbons (Fsp3) is 0.545. The first kappa shape index (κ1) is 22.0. The van der Waals surface area contributed by atoms with Crippen molar-refractivity contribution >= 4 is 11.7 Å². The Morgan fingerprint density at radius 2 is 2.10 bits per heavy atom. The Morgan fingerprint density at radius 3 is 2.80 bits per heavy atom. The number of aryl methyl sites for hydroxylation is 1. The number of nitrogens with one attached hydrogen (secondary N) is 1. The third-order valence-corrected chi connectivity index (χ3v) is 4.76. The molecule has 0 saturated heterocycles. The van der Waals surface area contributed by atoms with Crippen molar-refractivity contribution in [2.75, 3.05) is 31.2 Å².